The van der Waals surface area contributed by atoms with Crippen molar-refractivity contribution in [3.63, 3.8) is 0 Å². The molecule has 4 aromatic rings. The number of nitrogens with one attached hydrogen (secondary N) is 1. The highest BCUT2D eigenvalue weighted by Gasteiger charge is 2.33. The van der Waals surface area contributed by atoms with Crippen LogP contribution in [0.4, 0.5) is 5.82 Å². The lowest BCUT2D eigenvalue weighted by molar-refractivity contribution is -0.116. The molecule has 1 aliphatic heterocycles. The summed E-state index contributed by atoms with van der Waals surface area (Å²) in [4.78, 5) is 17.3. The van der Waals surface area contributed by atoms with Gasteiger partial charge in [-0.1, -0.05) is 18.1 Å². The molecule has 0 saturated carbocycles. The molecule has 2 aromatic heterocycles. The van der Waals surface area contributed by atoms with Gasteiger partial charge in [0.15, 0.2) is 0 Å². The molecule has 2 aromatic carbocycles. The number of methoxy groups -OCH3 is 1. The molecule has 1 atom stereocenters. The van der Waals surface area contributed by atoms with Crippen LogP contribution >= 0.6 is 0 Å². The molecule has 1 amide bonds. The Bertz CT molecular complexity index is 1420. The average molecular weight is 467 g/mol. The number of hydrogen-bond donors (Lipinski definition) is 1. The van der Waals surface area contributed by atoms with Gasteiger partial charge in [0.25, 0.3) is 5.95 Å². The molecule has 9 heteroatoms. The van der Waals surface area contributed by atoms with Crippen LogP contribution in [0.25, 0.3) is 17.2 Å². The molecule has 9 nitrogen and oxygen atoms in total. The van der Waals surface area contributed by atoms with Crippen molar-refractivity contribution in [1.82, 2.24) is 25.0 Å². The molecular weight excluding hydrogens is 444 g/mol. The molecule has 0 unspecified atom stereocenters. The van der Waals surface area contributed by atoms with E-state index in [2.05, 4.69) is 31.5 Å². The largest absolute Gasteiger partial charge is 0.497 e. The molecular formula is C26H22N6O3. The normalized spacial score (nSPS) is 14.5. The molecule has 5 rings (SSSR count). The van der Waals surface area contributed by atoms with Crippen LogP contribution in [0.1, 0.15) is 29.2 Å². The molecule has 0 aliphatic carbocycles. The third-order valence-electron chi connectivity index (χ3n) is 5.83. The van der Waals surface area contributed by atoms with Crippen LogP contribution in [0.3, 0.4) is 0 Å². The van der Waals surface area contributed by atoms with Crippen LogP contribution in [-0.2, 0) is 4.79 Å². The summed E-state index contributed by atoms with van der Waals surface area (Å²) in [5.41, 5.74) is 4.15. The summed E-state index contributed by atoms with van der Waals surface area (Å²) in [5, 5.41) is 15.9. The van der Waals surface area contributed by atoms with E-state index >= 15 is 0 Å². The maximum atomic E-state index is 12.7. The lowest BCUT2D eigenvalue weighted by Crippen LogP contribution is -2.25. The third-order valence-corrected chi connectivity index (χ3v) is 5.83. The number of benzene rings is 2. The van der Waals surface area contributed by atoms with Gasteiger partial charge in [-0.05, 0) is 48.9 Å². The maximum Gasteiger partial charge on any atom is 0.272 e. The van der Waals surface area contributed by atoms with E-state index in [0.29, 0.717) is 23.7 Å². The highest BCUT2D eigenvalue weighted by molar-refractivity contribution is 5.95. The summed E-state index contributed by atoms with van der Waals surface area (Å²) in [7, 11) is 1.62. The van der Waals surface area contributed by atoms with E-state index in [4.69, 9.17) is 15.9 Å². The highest BCUT2D eigenvalue weighted by atomic mass is 16.5. The Hall–Kier alpha value is -4.71. The van der Waals surface area contributed by atoms with Gasteiger partial charge in [0.05, 0.1) is 24.7 Å². The van der Waals surface area contributed by atoms with Crippen molar-refractivity contribution in [2.75, 3.05) is 19.0 Å². The van der Waals surface area contributed by atoms with Gasteiger partial charge >= 0.3 is 0 Å². The molecule has 3 heterocycles. The fourth-order valence-corrected chi connectivity index (χ4v) is 4.18. The molecule has 1 aliphatic rings. The van der Waals surface area contributed by atoms with Crippen LogP contribution < -0.4 is 14.8 Å². The zero-order valence-corrected chi connectivity index (χ0v) is 19.2. The third kappa shape index (κ3) is 4.29. The van der Waals surface area contributed by atoms with Crippen LogP contribution in [0, 0.1) is 19.3 Å². The van der Waals surface area contributed by atoms with Gasteiger partial charge in [-0.25, -0.2) is 4.98 Å². The van der Waals surface area contributed by atoms with Gasteiger partial charge in [0.2, 0.25) is 5.91 Å². The second kappa shape index (κ2) is 9.27. The summed E-state index contributed by atoms with van der Waals surface area (Å²) in [5.74, 6) is 4.39. The molecule has 0 radical (unpaired) electrons. The lowest BCUT2D eigenvalue weighted by atomic mass is 9.86. The molecule has 0 saturated heterocycles. The Balaban J connectivity index is 1.52. The van der Waals surface area contributed by atoms with Crippen molar-refractivity contribution in [1.29, 1.82) is 0 Å². The van der Waals surface area contributed by atoms with Crippen LogP contribution in [0.2, 0.25) is 0 Å². The SMILES string of the molecule is C#CCOc1ccc([C@@H]2CC(=O)Nc3c2c(C)nn3-c2nncc(-c3ccc(OC)cc3)n2)cc1. The van der Waals surface area contributed by atoms with Gasteiger partial charge in [-0.15, -0.1) is 11.5 Å². The van der Waals surface area contributed by atoms with Crippen molar-refractivity contribution in [2.24, 2.45) is 0 Å². The number of carbonyl (C=O) groups is 1. The van der Waals surface area contributed by atoms with E-state index in [1.807, 2.05) is 55.5 Å². The molecule has 35 heavy (non-hydrogen) atoms. The topological polar surface area (TPSA) is 104 Å². The van der Waals surface area contributed by atoms with Crippen LogP contribution in [0.15, 0.2) is 54.7 Å². The fourth-order valence-electron chi connectivity index (χ4n) is 4.18. The summed E-state index contributed by atoms with van der Waals surface area (Å²) in [6.45, 7) is 2.11. The first-order chi connectivity index (χ1) is 17.1. The number of nitrogens with zero attached hydrogens (tertiary/aromatic N) is 5. The molecule has 0 spiro atoms. The monoisotopic (exact) mass is 466 g/mol. The van der Waals surface area contributed by atoms with E-state index in [1.165, 1.54) is 0 Å². The van der Waals surface area contributed by atoms with Crippen molar-refractivity contribution in [3.8, 4) is 41.0 Å². The summed E-state index contributed by atoms with van der Waals surface area (Å²) in [6, 6.07) is 15.1. The smallest absolute Gasteiger partial charge is 0.272 e. The summed E-state index contributed by atoms with van der Waals surface area (Å²) < 4.78 is 12.2. The van der Waals surface area contributed by atoms with Crippen molar-refractivity contribution in [3.05, 3.63) is 71.5 Å². The standard InChI is InChI=1S/C26H22N6O3/c1-4-13-35-20-11-5-17(6-12-20)21-14-23(33)29-25-24(21)16(2)31-32(25)26-28-22(15-27-30-26)18-7-9-19(34-3)10-8-18/h1,5-12,15,21H,13-14H2,2-3H3,(H,29,33)/t21-/m0/s1. The number of carbonyl (C=O) groups excluding carboxylic acids is 1. The van der Waals surface area contributed by atoms with E-state index in [1.54, 1.807) is 18.0 Å². The number of ether oxygens (including phenoxy) is 2. The van der Waals surface area contributed by atoms with Gasteiger partial charge in [-0.3, -0.25) is 4.79 Å². The van der Waals surface area contributed by atoms with Crippen molar-refractivity contribution < 1.29 is 14.3 Å². The van der Waals surface area contributed by atoms with E-state index in [0.717, 1.165) is 28.1 Å². The second-order valence-electron chi connectivity index (χ2n) is 8.00. The minimum Gasteiger partial charge on any atom is -0.497 e. The quantitative estimate of drug-likeness (QED) is 0.434. The Morgan fingerprint density at radius 1 is 1.14 bits per heavy atom. The first kappa shape index (κ1) is 22.1. The zero-order chi connectivity index (χ0) is 24.4. The van der Waals surface area contributed by atoms with Crippen molar-refractivity contribution in [2.45, 2.75) is 19.3 Å². The number of terminal acetylenes is 1. The zero-order valence-electron chi connectivity index (χ0n) is 19.2. The number of aromatic nitrogens is 5. The van der Waals surface area contributed by atoms with E-state index in [9.17, 15) is 4.79 Å². The number of amides is 1. The molecule has 1 N–H and O–H groups in total. The predicted molar refractivity (Wildman–Crippen MR) is 130 cm³/mol. The van der Waals surface area contributed by atoms with E-state index < -0.39 is 0 Å². The lowest BCUT2D eigenvalue weighted by Gasteiger charge is -2.24. The Kier molecular flexibility index (Phi) is 5.85. The molecule has 174 valence electrons. The molecule has 0 fully saturated rings. The minimum atomic E-state index is -0.174. The predicted octanol–water partition coefficient (Wildman–Crippen LogP) is 3.53. The minimum absolute atomic E-state index is 0.115. The fraction of sp³-hybridized carbons (Fsp3) is 0.192. The highest BCUT2D eigenvalue weighted by Crippen LogP contribution is 2.40. The average Bonchev–Trinajstić information content (AvgIpc) is 3.23. The van der Waals surface area contributed by atoms with Gasteiger partial charge in [0, 0.05) is 23.5 Å². The number of anilines is 1. The van der Waals surface area contributed by atoms with E-state index in [-0.39, 0.29) is 24.4 Å². The van der Waals surface area contributed by atoms with Crippen molar-refractivity contribution >= 4 is 11.7 Å². The first-order valence-corrected chi connectivity index (χ1v) is 11.0. The van der Waals surface area contributed by atoms with Crippen LogP contribution in [-0.4, -0.2) is 44.6 Å². The second-order valence-corrected chi connectivity index (χ2v) is 8.00. The number of fused-ring (bicyclic) bond motifs is 1. The van der Waals surface area contributed by atoms with Crippen LogP contribution in [0.5, 0.6) is 11.5 Å². The summed E-state index contributed by atoms with van der Waals surface area (Å²) >= 11 is 0. The number of rotatable bonds is 6. The number of aryl methyl sites for hydroxylation is 1. The number of hydrogen-bond acceptors (Lipinski definition) is 7. The Morgan fingerprint density at radius 2 is 1.89 bits per heavy atom. The Morgan fingerprint density at radius 3 is 2.60 bits per heavy atom. The summed E-state index contributed by atoms with van der Waals surface area (Å²) in [6.07, 6.45) is 7.15. The van der Waals surface area contributed by atoms with Gasteiger partial charge in [-0.2, -0.15) is 14.9 Å². The molecule has 0 bridgehead atoms. The first-order valence-electron chi connectivity index (χ1n) is 11.0. The maximum absolute atomic E-state index is 12.7. The Labute approximate surface area is 202 Å². The van der Waals surface area contributed by atoms with Gasteiger partial charge in [0.1, 0.15) is 23.9 Å². The van der Waals surface area contributed by atoms with Gasteiger partial charge < -0.3 is 14.8 Å².